The van der Waals surface area contributed by atoms with Crippen molar-refractivity contribution >= 4 is 11.6 Å². The molecule has 1 N–H and O–H groups in total. The van der Waals surface area contributed by atoms with Gasteiger partial charge in [0.25, 0.3) is 0 Å². The second-order valence-electron chi connectivity index (χ2n) is 8.64. The molecule has 1 aromatic heterocycles. The Morgan fingerprint density at radius 3 is 2.70 bits per heavy atom. The van der Waals surface area contributed by atoms with E-state index in [2.05, 4.69) is 44.3 Å². The summed E-state index contributed by atoms with van der Waals surface area (Å²) in [6.07, 6.45) is 5.02. The summed E-state index contributed by atoms with van der Waals surface area (Å²) in [4.78, 5) is 20.4. The topological polar surface area (TPSA) is 83.6 Å². The minimum atomic E-state index is 0.0477. The summed E-state index contributed by atoms with van der Waals surface area (Å²) < 4.78 is 11.6. The van der Waals surface area contributed by atoms with Crippen LogP contribution in [0.4, 0.5) is 5.69 Å². The van der Waals surface area contributed by atoms with Crippen molar-refractivity contribution < 1.29 is 14.3 Å². The van der Waals surface area contributed by atoms with Crippen LogP contribution in [0.2, 0.25) is 0 Å². The van der Waals surface area contributed by atoms with Crippen LogP contribution in [-0.2, 0) is 17.6 Å². The normalized spacial score (nSPS) is 18.3. The van der Waals surface area contributed by atoms with Gasteiger partial charge < -0.3 is 24.3 Å². The van der Waals surface area contributed by atoms with E-state index in [1.807, 2.05) is 29.2 Å². The number of aromatic nitrogens is 3. The SMILES string of the molecule is COc1ccc(N2CCN(C(=O)Cc3nnc[nH]3)C(Cc3ccccc3)C2)cc1OC1CC1. The van der Waals surface area contributed by atoms with Gasteiger partial charge in [0.2, 0.25) is 5.91 Å². The van der Waals surface area contributed by atoms with Crippen molar-refractivity contribution in [1.29, 1.82) is 0 Å². The number of benzene rings is 2. The van der Waals surface area contributed by atoms with Gasteiger partial charge in [-0.3, -0.25) is 4.79 Å². The van der Waals surface area contributed by atoms with Gasteiger partial charge in [-0.25, -0.2) is 0 Å². The molecule has 2 heterocycles. The number of piperazine rings is 1. The zero-order valence-corrected chi connectivity index (χ0v) is 18.8. The first-order valence-corrected chi connectivity index (χ1v) is 11.5. The molecule has 8 heteroatoms. The highest BCUT2D eigenvalue weighted by Crippen LogP contribution is 2.37. The van der Waals surface area contributed by atoms with Gasteiger partial charge in [-0.05, 0) is 37.0 Å². The van der Waals surface area contributed by atoms with Crippen LogP contribution in [0, 0.1) is 0 Å². The number of nitrogens with one attached hydrogen (secondary N) is 1. The lowest BCUT2D eigenvalue weighted by molar-refractivity contribution is -0.133. The summed E-state index contributed by atoms with van der Waals surface area (Å²) in [5.41, 5.74) is 2.31. The van der Waals surface area contributed by atoms with Gasteiger partial charge in [0.15, 0.2) is 11.5 Å². The van der Waals surface area contributed by atoms with Crippen LogP contribution in [0.1, 0.15) is 24.2 Å². The molecule has 0 spiro atoms. The lowest BCUT2D eigenvalue weighted by Gasteiger charge is -2.42. The predicted molar refractivity (Wildman–Crippen MR) is 125 cm³/mol. The number of hydrogen-bond donors (Lipinski definition) is 1. The Morgan fingerprint density at radius 1 is 1.12 bits per heavy atom. The largest absolute Gasteiger partial charge is 0.493 e. The van der Waals surface area contributed by atoms with E-state index < -0.39 is 0 Å². The van der Waals surface area contributed by atoms with Crippen molar-refractivity contribution in [1.82, 2.24) is 20.1 Å². The fraction of sp³-hybridized carbons (Fsp3) is 0.400. The van der Waals surface area contributed by atoms with Crippen LogP contribution in [0.5, 0.6) is 11.5 Å². The van der Waals surface area contributed by atoms with Gasteiger partial charge in [0, 0.05) is 31.4 Å². The number of methoxy groups -OCH3 is 1. The molecule has 1 saturated carbocycles. The average molecular weight is 448 g/mol. The van der Waals surface area contributed by atoms with E-state index in [0.29, 0.717) is 18.5 Å². The van der Waals surface area contributed by atoms with E-state index in [9.17, 15) is 4.79 Å². The Balaban J connectivity index is 1.36. The highest BCUT2D eigenvalue weighted by molar-refractivity contribution is 5.78. The number of carbonyl (C=O) groups excluding carboxylic acids is 1. The quantitative estimate of drug-likeness (QED) is 0.572. The van der Waals surface area contributed by atoms with Crippen molar-refractivity contribution in [2.24, 2.45) is 0 Å². The van der Waals surface area contributed by atoms with Crippen molar-refractivity contribution in [2.45, 2.75) is 37.8 Å². The summed E-state index contributed by atoms with van der Waals surface area (Å²) in [5, 5.41) is 7.79. The van der Waals surface area contributed by atoms with E-state index in [4.69, 9.17) is 9.47 Å². The number of aromatic amines is 1. The maximum atomic E-state index is 13.2. The summed E-state index contributed by atoms with van der Waals surface area (Å²) in [6, 6.07) is 16.5. The number of ether oxygens (including phenoxy) is 2. The number of nitrogens with zero attached hydrogens (tertiary/aromatic N) is 4. The maximum absolute atomic E-state index is 13.2. The lowest BCUT2D eigenvalue weighted by Crippen LogP contribution is -2.56. The summed E-state index contributed by atoms with van der Waals surface area (Å²) in [7, 11) is 1.67. The van der Waals surface area contributed by atoms with E-state index >= 15 is 0 Å². The van der Waals surface area contributed by atoms with Crippen molar-refractivity contribution in [2.75, 3.05) is 31.6 Å². The third-order valence-electron chi connectivity index (χ3n) is 6.23. The molecule has 2 aliphatic rings. The van der Waals surface area contributed by atoms with Gasteiger partial charge in [0.05, 0.1) is 25.7 Å². The van der Waals surface area contributed by atoms with E-state index in [1.54, 1.807) is 7.11 Å². The van der Waals surface area contributed by atoms with Crippen LogP contribution in [-0.4, -0.2) is 64.9 Å². The van der Waals surface area contributed by atoms with Gasteiger partial charge in [0.1, 0.15) is 12.2 Å². The number of anilines is 1. The molecule has 2 fully saturated rings. The van der Waals surface area contributed by atoms with E-state index in [1.165, 1.54) is 11.9 Å². The smallest absolute Gasteiger partial charge is 0.230 e. The van der Waals surface area contributed by atoms with Crippen LogP contribution < -0.4 is 14.4 Å². The highest BCUT2D eigenvalue weighted by atomic mass is 16.5. The fourth-order valence-electron chi connectivity index (χ4n) is 4.36. The molecule has 1 aliphatic heterocycles. The van der Waals surface area contributed by atoms with Crippen LogP contribution >= 0.6 is 0 Å². The number of hydrogen-bond acceptors (Lipinski definition) is 6. The molecule has 1 unspecified atom stereocenters. The molecule has 1 amide bonds. The molecule has 1 atom stereocenters. The third-order valence-corrected chi connectivity index (χ3v) is 6.23. The van der Waals surface area contributed by atoms with Crippen molar-refractivity contribution in [3.63, 3.8) is 0 Å². The average Bonchev–Trinajstić information content (AvgIpc) is 3.51. The van der Waals surface area contributed by atoms with Gasteiger partial charge >= 0.3 is 0 Å². The third kappa shape index (κ3) is 5.10. The summed E-state index contributed by atoms with van der Waals surface area (Å²) in [5.74, 6) is 2.21. The van der Waals surface area contributed by atoms with E-state index in [-0.39, 0.29) is 18.4 Å². The Hall–Kier alpha value is -3.55. The monoisotopic (exact) mass is 447 g/mol. The molecule has 3 aromatic rings. The van der Waals surface area contributed by atoms with Crippen LogP contribution in [0.25, 0.3) is 0 Å². The molecule has 1 aliphatic carbocycles. The molecular formula is C25H29N5O3. The molecule has 1 saturated heterocycles. The standard InChI is InChI=1S/C25H29N5O3/c1-32-22-10-7-19(14-23(22)33-21-8-9-21)29-11-12-30(25(31)15-24-26-17-27-28-24)20(16-29)13-18-5-3-2-4-6-18/h2-7,10,14,17,20-21H,8-9,11-13,15-16H2,1H3,(H,26,27,28). The first-order chi connectivity index (χ1) is 16.2. The predicted octanol–water partition coefficient (Wildman–Crippen LogP) is 2.86. The molecule has 0 bridgehead atoms. The first kappa shape index (κ1) is 21.3. The van der Waals surface area contributed by atoms with Crippen molar-refractivity contribution in [3.05, 3.63) is 66.2 Å². The van der Waals surface area contributed by atoms with Crippen LogP contribution in [0.15, 0.2) is 54.9 Å². The molecule has 0 radical (unpaired) electrons. The minimum Gasteiger partial charge on any atom is -0.493 e. The summed E-state index contributed by atoms with van der Waals surface area (Å²) in [6.45, 7) is 2.14. The lowest BCUT2D eigenvalue weighted by atomic mass is 10.0. The Morgan fingerprint density at radius 2 is 1.97 bits per heavy atom. The number of rotatable bonds is 8. The Bertz CT molecular complexity index is 1070. The fourth-order valence-corrected chi connectivity index (χ4v) is 4.36. The molecule has 8 nitrogen and oxygen atoms in total. The van der Waals surface area contributed by atoms with Gasteiger partial charge in [-0.1, -0.05) is 30.3 Å². The highest BCUT2D eigenvalue weighted by Gasteiger charge is 2.32. The number of carbonyl (C=O) groups is 1. The second-order valence-corrected chi connectivity index (χ2v) is 8.64. The molecule has 172 valence electrons. The number of amides is 1. The molecule has 2 aromatic carbocycles. The Kier molecular flexibility index (Phi) is 6.15. The minimum absolute atomic E-state index is 0.0477. The second kappa shape index (κ2) is 9.52. The zero-order chi connectivity index (χ0) is 22.6. The maximum Gasteiger partial charge on any atom is 0.230 e. The first-order valence-electron chi connectivity index (χ1n) is 11.5. The van der Waals surface area contributed by atoms with Crippen molar-refractivity contribution in [3.8, 4) is 11.5 Å². The molecule has 5 rings (SSSR count). The molecular weight excluding hydrogens is 418 g/mol. The van der Waals surface area contributed by atoms with Gasteiger partial charge in [-0.2, -0.15) is 0 Å². The number of H-pyrrole nitrogens is 1. The van der Waals surface area contributed by atoms with E-state index in [0.717, 1.165) is 49.5 Å². The molecule has 33 heavy (non-hydrogen) atoms. The van der Waals surface area contributed by atoms with Gasteiger partial charge in [-0.15, -0.1) is 10.2 Å². The summed E-state index contributed by atoms with van der Waals surface area (Å²) >= 11 is 0. The zero-order valence-electron chi connectivity index (χ0n) is 18.8. The van der Waals surface area contributed by atoms with Crippen LogP contribution in [0.3, 0.4) is 0 Å². The Labute approximate surface area is 193 Å².